The maximum Gasteiger partial charge on any atom is 0.0208 e. The summed E-state index contributed by atoms with van der Waals surface area (Å²) in [5.41, 5.74) is 0. The summed E-state index contributed by atoms with van der Waals surface area (Å²) in [6, 6.07) is 29.6. The third-order valence-corrected chi connectivity index (χ3v) is 5.06. The largest absolute Gasteiger partial charge is 0.0616 e. The minimum absolute atomic E-state index is 1.29. The summed E-state index contributed by atoms with van der Waals surface area (Å²) in [5.74, 6) is 0. The van der Waals surface area contributed by atoms with Crippen molar-refractivity contribution >= 4 is 66.7 Å². The molecule has 0 radical (unpaired) electrons. The van der Waals surface area contributed by atoms with Crippen LogP contribution in [-0.2, 0) is 0 Å². The zero-order valence-corrected chi connectivity index (χ0v) is 16.2. The van der Waals surface area contributed by atoms with Gasteiger partial charge in [0, 0.05) is 7.14 Å². The van der Waals surface area contributed by atoms with Gasteiger partial charge >= 0.3 is 0 Å². The van der Waals surface area contributed by atoms with E-state index in [1.54, 1.807) is 0 Å². The smallest absolute Gasteiger partial charge is 0.0208 e. The van der Waals surface area contributed by atoms with Crippen molar-refractivity contribution in [1.82, 2.24) is 0 Å². The van der Waals surface area contributed by atoms with E-state index in [1.807, 2.05) is 0 Å². The van der Waals surface area contributed by atoms with Crippen molar-refractivity contribution in [3.63, 3.8) is 0 Å². The second kappa shape index (κ2) is 7.42. The Morgan fingerprint density at radius 1 is 0.500 bits per heavy atom. The number of rotatable bonds is 0. The first-order valence-corrected chi connectivity index (χ1v) is 9.17. The number of hydrogen-bond donors (Lipinski definition) is 0. The zero-order valence-electron chi connectivity index (χ0n) is 11.8. The van der Waals surface area contributed by atoms with E-state index in [0.29, 0.717) is 0 Å². The average molecular weight is 508 g/mol. The number of halogens is 2. The minimum Gasteiger partial charge on any atom is -0.0616 e. The SMILES string of the molecule is Ic1ccc2ccccc2c1.Ic1cccc2ccccc12. The van der Waals surface area contributed by atoms with Gasteiger partial charge in [0.25, 0.3) is 0 Å². The molecule has 0 heterocycles. The Kier molecular flexibility index (Phi) is 5.31. The van der Waals surface area contributed by atoms with Gasteiger partial charge in [-0.3, -0.25) is 0 Å². The van der Waals surface area contributed by atoms with Gasteiger partial charge < -0.3 is 0 Å². The summed E-state index contributed by atoms with van der Waals surface area (Å²) >= 11 is 4.69. The lowest BCUT2D eigenvalue weighted by Gasteiger charge is -1.97. The lowest BCUT2D eigenvalue weighted by molar-refractivity contribution is 1.70. The fraction of sp³-hybridized carbons (Fsp3) is 0. The molecule has 4 aromatic carbocycles. The first-order chi connectivity index (χ1) is 10.7. The van der Waals surface area contributed by atoms with Crippen LogP contribution in [0.3, 0.4) is 0 Å². The molecule has 0 nitrogen and oxygen atoms in total. The molecule has 0 unspecified atom stereocenters. The molecule has 0 amide bonds. The Morgan fingerprint density at radius 2 is 1.14 bits per heavy atom. The fourth-order valence-corrected chi connectivity index (χ4v) is 3.56. The quantitative estimate of drug-likeness (QED) is 0.227. The molecule has 0 N–H and O–H groups in total. The van der Waals surface area contributed by atoms with Crippen molar-refractivity contribution in [3.8, 4) is 0 Å². The van der Waals surface area contributed by atoms with Gasteiger partial charge in [-0.2, -0.15) is 0 Å². The minimum atomic E-state index is 1.29. The second-order valence-corrected chi connectivity index (χ2v) is 7.36. The van der Waals surface area contributed by atoms with Gasteiger partial charge in [0.1, 0.15) is 0 Å². The summed E-state index contributed by atoms with van der Waals surface area (Å²) in [7, 11) is 0. The molecule has 108 valence electrons. The monoisotopic (exact) mass is 508 g/mol. The first kappa shape index (κ1) is 15.7. The zero-order chi connectivity index (χ0) is 15.4. The molecule has 4 aromatic rings. The highest BCUT2D eigenvalue weighted by molar-refractivity contribution is 14.1. The van der Waals surface area contributed by atoms with Crippen molar-refractivity contribution in [2.45, 2.75) is 0 Å². The van der Waals surface area contributed by atoms with Crippen LogP contribution in [-0.4, -0.2) is 0 Å². The molecule has 0 spiro atoms. The van der Waals surface area contributed by atoms with E-state index >= 15 is 0 Å². The highest BCUT2D eigenvalue weighted by Crippen LogP contribution is 2.19. The molecular formula is C20H14I2. The van der Waals surface area contributed by atoms with E-state index in [2.05, 4.69) is 130 Å². The van der Waals surface area contributed by atoms with E-state index in [0.717, 1.165) is 0 Å². The summed E-state index contributed by atoms with van der Waals surface area (Å²) in [5, 5.41) is 5.29. The van der Waals surface area contributed by atoms with Crippen LogP contribution in [0, 0.1) is 7.14 Å². The van der Waals surface area contributed by atoms with E-state index in [1.165, 1.54) is 28.7 Å². The fourth-order valence-electron chi connectivity index (χ4n) is 2.35. The second-order valence-electron chi connectivity index (χ2n) is 4.95. The molecule has 0 bridgehead atoms. The van der Waals surface area contributed by atoms with Gasteiger partial charge in [0.2, 0.25) is 0 Å². The Balaban J connectivity index is 0.000000131. The van der Waals surface area contributed by atoms with Crippen LogP contribution in [0.1, 0.15) is 0 Å². The van der Waals surface area contributed by atoms with E-state index in [4.69, 9.17) is 0 Å². The molecule has 2 heteroatoms. The molecule has 0 aliphatic heterocycles. The lowest BCUT2D eigenvalue weighted by atomic mass is 10.1. The molecule has 0 aromatic heterocycles. The molecule has 0 aliphatic rings. The molecule has 0 aliphatic carbocycles. The number of fused-ring (bicyclic) bond motifs is 2. The molecule has 22 heavy (non-hydrogen) atoms. The lowest BCUT2D eigenvalue weighted by Crippen LogP contribution is -1.74. The maximum absolute atomic E-state index is 2.36. The molecular weight excluding hydrogens is 494 g/mol. The van der Waals surface area contributed by atoms with Crippen molar-refractivity contribution in [2.75, 3.05) is 0 Å². The van der Waals surface area contributed by atoms with Crippen molar-refractivity contribution in [3.05, 3.63) is 92.1 Å². The Hall–Kier alpha value is -1.14. The normalized spacial score (nSPS) is 10.3. The standard InChI is InChI=1S/2C10H7I/c11-10-7-3-5-8-4-1-2-6-9(8)10;11-10-6-5-8-3-1-2-4-9(8)7-10/h2*1-7H. The molecule has 0 saturated carbocycles. The van der Waals surface area contributed by atoms with Crippen molar-refractivity contribution in [2.24, 2.45) is 0 Å². The summed E-state index contributed by atoms with van der Waals surface area (Å²) in [6.07, 6.45) is 0. The highest BCUT2D eigenvalue weighted by Gasteiger charge is 1.93. The van der Waals surface area contributed by atoms with E-state index in [-0.39, 0.29) is 0 Å². The van der Waals surface area contributed by atoms with Crippen LogP contribution in [0.5, 0.6) is 0 Å². The summed E-state index contributed by atoms with van der Waals surface area (Å²) < 4.78 is 2.61. The average Bonchev–Trinajstić information content (AvgIpc) is 2.56. The molecule has 0 fully saturated rings. The molecule has 0 atom stereocenters. The van der Waals surface area contributed by atoms with Crippen LogP contribution in [0.4, 0.5) is 0 Å². The van der Waals surface area contributed by atoms with Crippen LogP contribution >= 0.6 is 45.2 Å². The highest BCUT2D eigenvalue weighted by atomic mass is 127. The van der Waals surface area contributed by atoms with Gasteiger partial charge in [-0.15, -0.1) is 0 Å². The Labute approximate surface area is 157 Å². The van der Waals surface area contributed by atoms with Crippen molar-refractivity contribution < 1.29 is 0 Å². The van der Waals surface area contributed by atoms with Gasteiger partial charge in [0.05, 0.1) is 0 Å². The van der Waals surface area contributed by atoms with Crippen LogP contribution in [0.25, 0.3) is 21.5 Å². The Morgan fingerprint density at radius 3 is 1.91 bits per heavy atom. The predicted octanol–water partition coefficient (Wildman–Crippen LogP) is 6.89. The van der Waals surface area contributed by atoms with E-state index < -0.39 is 0 Å². The summed E-state index contributed by atoms with van der Waals surface area (Å²) in [4.78, 5) is 0. The predicted molar refractivity (Wildman–Crippen MR) is 113 cm³/mol. The summed E-state index contributed by atoms with van der Waals surface area (Å²) in [6.45, 7) is 0. The van der Waals surface area contributed by atoms with Crippen LogP contribution < -0.4 is 0 Å². The third kappa shape index (κ3) is 3.79. The van der Waals surface area contributed by atoms with Gasteiger partial charge in [-0.1, -0.05) is 66.7 Å². The Bertz CT molecular complexity index is 902. The van der Waals surface area contributed by atoms with Crippen LogP contribution in [0.2, 0.25) is 0 Å². The topological polar surface area (TPSA) is 0 Å². The number of benzene rings is 4. The van der Waals surface area contributed by atoms with Crippen LogP contribution in [0.15, 0.2) is 84.9 Å². The molecule has 0 saturated heterocycles. The van der Waals surface area contributed by atoms with Gasteiger partial charge in [-0.05, 0) is 84.9 Å². The van der Waals surface area contributed by atoms with Gasteiger partial charge in [0.15, 0.2) is 0 Å². The third-order valence-electron chi connectivity index (χ3n) is 3.45. The molecule has 4 rings (SSSR count). The number of hydrogen-bond acceptors (Lipinski definition) is 0. The first-order valence-electron chi connectivity index (χ1n) is 7.01. The van der Waals surface area contributed by atoms with Crippen molar-refractivity contribution in [1.29, 1.82) is 0 Å². The maximum atomic E-state index is 2.36. The van der Waals surface area contributed by atoms with E-state index in [9.17, 15) is 0 Å². The van der Waals surface area contributed by atoms with Gasteiger partial charge in [-0.25, -0.2) is 0 Å².